The van der Waals surface area contributed by atoms with Gasteiger partial charge in [-0.1, -0.05) is 72.8 Å². The van der Waals surface area contributed by atoms with E-state index in [0.29, 0.717) is 11.1 Å². The number of rotatable bonds is 11. The van der Waals surface area contributed by atoms with Crippen LogP contribution in [0.3, 0.4) is 0 Å². The third-order valence-electron chi connectivity index (χ3n) is 7.05. The summed E-state index contributed by atoms with van der Waals surface area (Å²) in [6, 6.07) is 22.0. The van der Waals surface area contributed by atoms with E-state index in [4.69, 9.17) is 14.2 Å². The summed E-state index contributed by atoms with van der Waals surface area (Å²) in [6.07, 6.45) is -1.58. The summed E-state index contributed by atoms with van der Waals surface area (Å²) in [7, 11) is 1.48. The van der Waals surface area contributed by atoms with Gasteiger partial charge >= 0.3 is 12.1 Å². The molecule has 4 rings (SSSR count). The number of esters is 1. The quantitative estimate of drug-likeness (QED) is 0.159. The Labute approximate surface area is 268 Å². The normalized spacial score (nSPS) is 15.7. The second kappa shape index (κ2) is 14.7. The number of nitrogens with one attached hydrogen (secondary N) is 2. The molecule has 11 nitrogen and oxygen atoms in total. The van der Waals surface area contributed by atoms with Gasteiger partial charge in [-0.2, -0.15) is 0 Å². The minimum absolute atomic E-state index is 0.0217. The first kappa shape index (κ1) is 33.7. The fourth-order valence-electron chi connectivity index (χ4n) is 4.93. The molecule has 3 amide bonds. The van der Waals surface area contributed by atoms with Gasteiger partial charge in [0.1, 0.15) is 29.1 Å². The Morgan fingerprint density at radius 3 is 1.98 bits per heavy atom. The molecule has 0 bridgehead atoms. The van der Waals surface area contributed by atoms with Gasteiger partial charge in [-0.15, -0.1) is 0 Å². The smallest absolute Gasteiger partial charge is 0.408 e. The van der Waals surface area contributed by atoms with Crippen LogP contribution in [0.1, 0.15) is 56.5 Å². The van der Waals surface area contributed by atoms with Crippen LogP contribution in [0.15, 0.2) is 96.2 Å². The van der Waals surface area contributed by atoms with Crippen molar-refractivity contribution in [2.24, 2.45) is 0 Å². The molecule has 11 heteroatoms. The molecule has 1 saturated heterocycles. The Morgan fingerprint density at radius 2 is 1.48 bits per heavy atom. The van der Waals surface area contributed by atoms with Crippen LogP contribution in [0.5, 0.6) is 5.75 Å². The van der Waals surface area contributed by atoms with Crippen LogP contribution in [-0.2, 0) is 28.6 Å². The van der Waals surface area contributed by atoms with Gasteiger partial charge in [-0.25, -0.2) is 9.59 Å². The molecule has 1 fully saturated rings. The van der Waals surface area contributed by atoms with Crippen molar-refractivity contribution < 1.29 is 38.5 Å². The second-order valence-corrected chi connectivity index (χ2v) is 11.8. The Kier molecular flexibility index (Phi) is 10.8. The van der Waals surface area contributed by atoms with Crippen molar-refractivity contribution in [3.8, 4) is 5.75 Å². The van der Waals surface area contributed by atoms with Crippen LogP contribution in [0.25, 0.3) is 0 Å². The Bertz CT molecular complexity index is 1530. The van der Waals surface area contributed by atoms with Gasteiger partial charge in [0.2, 0.25) is 5.91 Å². The van der Waals surface area contributed by atoms with Crippen LogP contribution in [0.4, 0.5) is 4.79 Å². The number of carbonyl (C=O) groups excluding carboxylic acids is 4. The second-order valence-electron chi connectivity index (χ2n) is 11.8. The molecular formula is C35H39N3O8. The topological polar surface area (TPSA) is 144 Å². The first-order valence-electron chi connectivity index (χ1n) is 14.8. The van der Waals surface area contributed by atoms with Crippen LogP contribution < -0.4 is 10.6 Å². The van der Waals surface area contributed by atoms with E-state index in [2.05, 4.69) is 10.6 Å². The molecule has 1 aliphatic heterocycles. The van der Waals surface area contributed by atoms with Gasteiger partial charge in [0.15, 0.2) is 6.10 Å². The van der Waals surface area contributed by atoms with Gasteiger partial charge in [0.05, 0.1) is 13.2 Å². The largest absolute Gasteiger partial charge is 0.508 e. The van der Waals surface area contributed by atoms with Crippen molar-refractivity contribution in [2.45, 2.75) is 51.5 Å². The molecule has 46 heavy (non-hydrogen) atoms. The van der Waals surface area contributed by atoms with E-state index in [1.807, 2.05) is 60.7 Å². The zero-order valence-electron chi connectivity index (χ0n) is 26.5. The summed E-state index contributed by atoms with van der Waals surface area (Å²) in [5.41, 5.74) is 1.54. The molecule has 3 aromatic rings. The molecule has 242 valence electrons. The lowest BCUT2D eigenvalue weighted by molar-refractivity contribution is -0.153. The van der Waals surface area contributed by atoms with E-state index in [9.17, 15) is 24.3 Å². The third-order valence-corrected chi connectivity index (χ3v) is 7.05. The highest BCUT2D eigenvalue weighted by atomic mass is 16.6. The fourth-order valence-corrected chi connectivity index (χ4v) is 4.93. The molecule has 1 unspecified atom stereocenters. The first-order chi connectivity index (χ1) is 21.9. The number of nitrogens with zero attached hydrogens (tertiary/aromatic N) is 1. The monoisotopic (exact) mass is 629 g/mol. The number of aromatic hydroxyl groups is 1. The number of β-lactam (4-membered cyclic amide) rings is 1. The number of methoxy groups -OCH3 is 1. The number of hydrogen-bond acceptors (Lipinski definition) is 8. The average molecular weight is 630 g/mol. The minimum Gasteiger partial charge on any atom is -0.508 e. The van der Waals surface area contributed by atoms with Gasteiger partial charge in [-0.05, 0) is 62.1 Å². The van der Waals surface area contributed by atoms with Gasteiger partial charge in [-0.3, -0.25) is 9.59 Å². The number of amides is 3. The van der Waals surface area contributed by atoms with Crippen molar-refractivity contribution in [1.82, 2.24) is 15.5 Å². The summed E-state index contributed by atoms with van der Waals surface area (Å²) in [5.74, 6) is -1.96. The highest BCUT2D eigenvalue weighted by Gasteiger charge is 2.44. The highest BCUT2D eigenvalue weighted by Crippen LogP contribution is 2.30. The van der Waals surface area contributed by atoms with E-state index >= 15 is 0 Å². The molecule has 0 aromatic heterocycles. The number of benzene rings is 3. The molecule has 0 aliphatic carbocycles. The van der Waals surface area contributed by atoms with Crippen molar-refractivity contribution >= 4 is 23.9 Å². The molecule has 0 saturated carbocycles. The predicted molar refractivity (Wildman–Crippen MR) is 169 cm³/mol. The standard InChI is InChI=1S/C35H39N3O8/c1-22(21-44-5)29(33(42)45-30(24-12-8-6-9-13-24)25-14-10-7-11-15-25)38-20-27(32(38)41)36-31(40)28(23-16-18-26(39)19-17-23)37-34(43)46-35(2,3)4/h6-19,27-28,30,39H,20-21H2,1-5H3,(H,36,40)(H,37,43)/t27?,28-/m1/s1. The molecular weight excluding hydrogens is 590 g/mol. The molecule has 3 aromatic carbocycles. The summed E-state index contributed by atoms with van der Waals surface area (Å²) < 4.78 is 16.6. The van der Waals surface area contributed by atoms with Crippen molar-refractivity contribution in [3.05, 3.63) is 113 Å². The summed E-state index contributed by atoms with van der Waals surface area (Å²) in [4.78, 5) is 54.5. The molecule has 1 heterocycles. The maximum absolute atomic E-state index is 13.8. The minimum atomic E-state index is -1.23. The van der Waals surface area contributed by atoms with E-state index in [0.717, 1.165) is 11.1 Å². The lowest BCUT2D eigenvalue weighted by atomic mass is 10.0. The van der Waals surface area contributed by atoms with E-state index in [1.54, 1.807) is 27.7 Å². The molecule has 3 N–H and O–H groups in total. The summed E-state index contributed by atoms with van der Waals surface area (Å²) in [6.45, 7) is 6.78. The van der Waals surface area contributed by atoms with Gasteiger partial charge < -0.3 is 34.9 Å². The lowest BCUT2D eigenvalue weighted by Gasteiger charge is -2.40. The van der Waals surface area contributed by atoms with Gasteiger partial charge in [0, 0.05) is 7.11 Å². The molecule has 0 spiro atoms. The number of carbonyl (C=O) groups is 4. The third kappa shape index (κ3) is 8.51. The predicted octanol–water partition coefficient (Wildman–Crippen LogP) is 4.54. The molecule has 1 aliphatic rings. The Hall–Kier alpha value is -5.16. The SMILES string of the molecule is COCC(C)=C(C(=O)OC(c1ccccc1)c1ccccc1)N1CC(NC(=O)[C@H](NC(=O)OC(C)(C)C)c2ccc(O)cc2)C1=O. The maximum atomic E-state index is 13.8. The van der Waals surface area contributed by atoms with E-state index in [-0.39, 0.29) is 24.6 Å². The van der Waals surface area contributed by atoms with Gasteiger partial charge in [0.25, 0.3) is 5.91 Å². The van der Waals surface area contributed by atoms with Crippen molar-refractivity contribution in [1.29, 1.82) is 0 Å². The maximum Gasteiger partial charge on any atom is 0.408 e. The van der Waals surface area contributed by atoms with E-state index < -0.39 is 47.7 Å². The van der Waals surface area contributed by atoms with Crippen LogP contribution in [-0.4, -0.2) is 65.8 Å². The zero-order chi connectivity index (χ0) is 33.4. The Morgan fingerprint density at radius 1 is 0.913 bits per heavy atom. The van der Waals surface area contributed by atoms with Crippen LogP contribution in [0.2, 0.25) is 0 Å². The Balaban J connectivity index is 1.53. The highest BCUT2D eigenvalue weighted by molar-refractivity contribution is 6.01. The number of phenols is 1. The zero-order valence-corrected chi connectivity index (χ0v) is 26.5. The van der Waals surface area contributed by atoms with E-state index in [1.165, 1.54) is 36.3 Å². The van der Waals surface area contributed by atoms with Crippen molar-refractivity contribution in [2.75, 3.05) is 20.3 Å². The molecule has 0 radical (unpaired) electrons. The number of hydrogen-bond donors (Lipinski definition) is 3. The summed E-state index contributed by atoms with van der Waals surface area (Å²) in [5, 5.41) is 14.9. The number of ether oxygens (including phenoxy) is 3. The number of alkyl carbamates (subject to hydrolysis) is 1. The fraction of sp³-hybridized carbons (Fsp3) is 0.314. The lowest BCUT2D eigenvalue weighted by Crippen LogP contribution is -2.65. The first-order valence-corrected chi connectivity index (χ1v) is 14.8. The van der Waals surface area contributed by atoms with Crippen LogP contribution >= 0.6 is 0 Å². The summed E-state index contributed by atoms with van der Waals surface area (Å²) >= 11 is 0. The van der Waals surface area contributed by atoms with Crippen molar-refractivity contribution in [3.63, 3.8) is 0 Å². The number of likely N-dealkylation sites (tertiary alicyclic amines) is 1. The average Bonchev–Trinajstić information content (AvgIpc) is 3.02. The number of phenolic OH excluding ortho intramolecular Hbond substituents is 1. The molecule has 2 atom stereocenters. The van der Waals surface area contributed by atoms with Crippen LogP contribution in [0, 0.1) is 0 Å².